The normalized spacial score (nSPS) is 12.0. The minimum atomic E-state index is 0.906. The predicted octanol–water partition coefficient (Wildman–Crippen LogP) is 11.9. The Labute approximate surface area is 258 Å². The zero-order valence-corrected chi connectivity index (χ0v) is 24.2. The average molecular weight is 576 g/mol. The second kappa shape index (κ2) is 9.22. The lowest BCUT2D eigenvalue weighted by Crippen LogP contribution is -1.94. The van der Waals surface area contributed by atoms with Crippen molar-refractivity contribution in [3.05, 3.63) is 152 Å². The average Bonchev–Trinajstić information content (AvgIpc) is 3.78. The molecule has 3 aromatic heterocycles. The van der Waals surface area contributed by atoms with Crippen LogP contribution in [0.3, 0.4) is 0 Å². The van der Waals surface area contributed by atoms with Crippen molar-refractivity contribution in [3.63, 3.8) is 0 Å². The van der Waals surface area contributed by atoms with Crippen LogP contribution in [0.25, 0.3) is 93.6 Å². The van der Waals surface area contributed by atoms with E-state index in [9.17, 15) is 0 Å². The summed E-state index contributed by atoms with van der Waals surface area (Å²) in [6.07, 6.45) is 0. The minimum absolute atomic E-state index is 0.906. The van der Waals surface area contributed by atoms with Crippen LogP contribution < -0.4 is 0 Å². The van der Waals surface area contributed by atoms with E-state index in [0.29, 0.717) is 0 Å². The summed E-state index contributed by atoms with van der Waals surface area (Å²) in [6.45, 7) is 0. The summed E-state index contributed by atoms with van der Waals surface area (Å²) in [6, 6.07) is 53.6. The fourth-order valence-electron chi connectivity index (χ4n) is 7.19. The zero-order chi connectivity index (χ0) is 29.5. The number of benzene rings is 7. The van der Waals surface area contributed by atoms with Gasteiger partial charge in [-0.05, 0) is 70.8 Å². The van der Waals surface area contributed by atoms with Crippen LogP contribution in [0.1, 0.15) is 0 Å². The number of hydrogen-bond acceptors (Lipinski definition) is 2. The Morgan fingerprint density at radius 3 is 1.64 bits per heavy atom. The molecule has 0 saturated heterocycles. The Morgan fingerprint density at radius 2 is 0.911 bits per heavy atom. The standard InChI is InChI=1S/C42H25NO2/c1-4-12-35-31(8-1)32-24-25-39-41(34-10-3-6-14-37(34)45-39)42(32)43(35)29-22-20-27(21-23-29)26-16-18-28(19-17-26)30-11-7-15-38-40(30)33-9-2-5-13-36(33)44-38/h1-25H. The highest BCUT2D eigenvalue weighted by molar-refractivity contribution is 6.24. The van der Waals surface area contributed by atoms with Gasteiger partial charge in [-0.25, -0.2) is 0 Å². The number of nitrogens with zero attached hydrogens (tertiary/aromatic N) is 1. The van der Waals surface area contributed by atoms with Gasteiger partial charge in [-0.1, -0.05) is 103 Å². The summed E-state index contributed by atoms with van der Waals surface area (Å²) in [5.74, 6) is 0. The monoisotopic (exact) mass is 575 g/mol. The van der Waals surface area contributed by atoms with Crippen molar-refractivity contribution < 1.29 is 8.83 Å². The molecule has 0 spiro atoms. The van der Waals surface area contributed by atoms with E-state index in [2.05, 4.69) is 126 Å². The van der Waals surface area contributed by atoms with Crippen LogP contribution in [0, 0.1) is 0 Å². The van der Waals surface area contributed by atoms with Gasteiger partial charge in [0.2, 0.25) is 0 Å². The highest BCUT2D eigenvalue weighted by atomic mass is 16.3. The second-order valence-electron chi connectivity index (χ2n) is 11.7. The number of fused-ring (bicyclic) bond motifs is 10. The summed E-state index contributed by atoms with van der Waals surface area (Å²) in [5, 5.41) is 7.06. The van der Waals surface area contributed by atoms with Crippen molar-refractivity contribution >= 4 is 65.7 Å². The maximum absolute atomic E-state index is 6.29. The summed E-state index contributed by atoms with van der Waals surface area (Å²) >= 11 is 0. The molecule has 7 aromatic carbocycles. The smallest absolute Gasteiger partial charge is 0.137 e. The summed E-state index contributed by atoms with van der Waals surface area (Å²) in [7, 11) is 0. The van der Waals surface area contributed by atoms with Gasteiger partial charge in [0, 0.05) is 32.6 Å². The van der Waals surface area contributed by atoms with Gasteiger partial charge in [-0.2, -0.15) is 0 Å². The van der Waals surface area contributed by atoms with Crippen molar-refractivity contribution in [2.75, 3.05) is 0 Å². The van der Waals surface area contributed by atoms with Crippen molar-refractivity contribution in [1.82, 2.24) is 4.57 Å². The molecule has 3 heterocycles. The lowest BCUT2D eigenvalue weighted by molar-refractivity contribution is 0.668. The first-order valence-electron chi connectivity index (χ1n) is 15.3. The summed E-state index contributed by atoms with van der Waals surface area (Å²) < 4.78 is 14.8. The SMILES string of the molecule is c1ccc2c(c1)oc1cccc(-c3ccc(-c4ccc(-n5c6ccccc6c6ccc7oc8ccccc8c7c65)cc4)cc3)c12. The molecule has 10 rings (SSSR count). The van der Waals surface area contributed by atoms with Crippen LogP contribution in [-0.4, -0.2) is 4.57 Å². The molecule has 10 aromatic rings. The molecular formula is C42H25NO2. The summed E-state index contributed by atoms with van der Waals surface area (Å²) in [5.41, 5.74) is 11.9. The third-order valence-corrected chi connectivity index (χ3v) is 9.23. The van der Waals surface area contributed by atoms with Gasteiger partial charge >= 0.3 is 0 Å². The Hall–Kier alpha value is -6.06. The van der Waals surface area contributed by atoms with E-state index in [1.165, 1.54) is 44.1 Å². The minimum Gasteiger partial charge on any atom is -0.456 e. The number of aromatic nitrogens is 1. The Balaban J connectivity index is 1.09. The van der Waals surface area contributed by atoms with Crippen LogP contribution in [-0.2, 0) is 0 Å². The fraction of sp³-hybridized carbons (Fsp3) is 0. The van der Waals surface area contributed by atoms with Crippen molar-refractivity contribution in [2.24, 2.45) is 0 Å². The molecule has 0 atom stereocenters. The second-order valence-corrected chi connectivity index (χ2v) is 11.7. The van der Waals surface area contributed by atoms with Gasteiger partial charge in [0.1, 0.15) is 22.3 Å². The largest absolute Gasteiger partial charge is 0.456 e. The molecule has 0 N–H and O–H groups in total. The van der Waals surface area contributed by atoms with Crippen molar-refractivity contribution in [2.45, 2.75) is 0 Å². The topological polar surface area (TPSA) is 31.2 Å². The van der Waals surface area contributed by atoms with Gasteiger partial charge in [0.25, 0.3) is 0 Å². The van der Waals surface area contributed by atoms with E-state index >= 15 is 0 Å². The molecule has 210 valence electrons. The van der Waals surface area contributed by atoms with Crippen molar-refractivity contribution in [1.29, 1.82) is 0 Å². The molecule has 0 amide bonds. The van der Waals surface area contributed by atoms with Crippen LogP contribution >= 0.6 is 0 Å². The first-order valence-corrected chi connectivity index (χ1v) is 15.3. The van der Waals surface area contributed by atoms with Crippen molar-refractivity contribution in [3.8, 4) is 27.9 Å². The van der Waals surface area contributed by atoms with Gasteiger partial charge in [0.05, 0.1) is 16.4 Å². The molecule has 0 bridgehead atoms. The Kier molecular flexibility index (Phi) is 5.00. The summed E-state index contributed by atoms with van der Waals surface area (Å²) in [4.78, 5) is 0. The Morgan fingerprint density at radius 1 is 0.356 bits per heavy atom. The lowest BCUT2D eigenvalue weighted by Gasteiger charge is -2.11. The van der Waals surface area contributed by atoms with Gasteiger partial charge in [-0.15, -0.1) is 0 Å². The van der Waals surface area contributed by atoms with E-state index in [0.717, 1.165) is 49.6 Å². The quantitative estimate of drug-likeness (QED) is 0.210. The van der Waals surface area contributed by atoms with Gasteiger partial charge < -0.3 is 13.4 Å². The molecule has 0 aliphatic carbocycles. The third-order valence-electron chi connectivity index (χ3n) is 9.23. The van der Waals surface area contributed by atoms with Gasteiger partial charge in [-0.3, -0.25) is 0 Å². The molecule has 0 aliphatic heterocycles. The van der Waals surface area contributed by atoms with Crippen LogP contribution in [0.4, 0.5) is 0 Å². The molecule has 0 radical (unpaired) electrons. The highest BCUT2D eigenvalue weighted by Crippen LogP contribution is 2.41. The van der Waals surface area contributed by atoms with E-state index < -0.39 is 0 Å². The number of rotatable bonds is 3. The molecule has 0 fully saturated rings. The first kappa shape index (κ1) is 24.4. The van der Waals surface area contributed by atoms with Crippen LogP contribution in [0.15, 0.2) is 160 Å². The maximum Gasteiger partial charge on any atom is 0.137 e. The molecule has 0 aliphatic rings. The first-order chi connectivity index (χ1) is 22.3. The van der Waals surface area contributed by atoms with E-state index in [4.69, 9.17) is 8.83 Å². The zero-order valence-electron chi connectivity index (χ0n) is 24.2. The van der Waals surface area contributed by atoms with Gasteiger partial charge in [0.15, 0.2) is 0 Å². The molecule has 0 saturated carbocycles. The number of hydrogen-bond donors (Lipinski definition) is 0. The maximum atomic E-state index is 6.29. The highest BCUT2D eigenvalue weighted by Gasteiger charge is 2.19. The predicted molar refractivity (Wildman–Crippen MR) is 186 cm³/mol. The molecule has 45 heavy (non-hydrogen) atoms. The van der Waals surface area contributed by atoms with E-state index in [1.807, 2.05) is 30.3 Å². The molecule has 3 heteroatoms. The van der Waals surface area contributed by atoms with E-state index in [1.54, 1.807) is 0 Å². The number of furan rings is 2. The lowest BCUT2D eigenvalue weighted by atomic mass is 9.97. The van der Waals surface area contributed by atoms with Crippen LogP contribution in [0.2, 0.25) is 0 Å². The number of para-hydroxylation sites is 3. The molecule has 3 nitrogen and oxygen atoms in total. The van der Waals surface area contributed by atoms with Crippen LogP contribution in [0.5, 0.6) is 0 Å². The Bertz CT molecular complexity index is 2740. The third kappa shape index (κ3) is 3.52. The fourth-order valence-corrected chi connectivity index (χ4v) is 7.19. The van der Waals surface area contributed by atoms with E-state index in [-0.39, 0.29) is 0 Å². The molecular weight excluding hydrogens is 550 g/mol. The molecule has 0 unspecified atom stereocenters.